The Morgan fingerprint density at radius 3 is 2.34 bits per heavy atom. The summed E-state index contributed by atoms with van der Waals surface area (Å²) < 4.78 is 5.76. The van der Waals surface area contributed by atoms with Gasteiger partial charge < -0.3 is 10.1 Å². The smallest absolute Gasteiger partial charge is 0.282 e. The summed E-state index contributed by atoms with van der Waals surface area (Å²) >= 11 is 0. The van der Waals surface area contributed by atoms with Crippen molar-refractivity contribution in [3.8, 4) is 5.75 Å². The maximum absolute atomic E-state index is 13.9. The highest BCUT2D eigenvalue weighted by Gasteiger charge is 2.41. The zero-order chi connectivity index (χ0) is 24.5. The lowest BCUT2D eigenvalue weighted by atomic mass is 9.99. The monoisotopic (exact) mass is 462 g/mol. The summed E-state index contributed by atoms with van der Waals surface area (Å²) in [6, 6.07) is 26.6. The molecule has 4 aromatic carbocycles. The first-order valence-corrected chi connectivity index (χ1v) is 11.7. The van der Waals surface area contributed by atoms with Crippen LogP contribution in [-0.2, 0) is 9.59 Å². The van der Waals surface area contributed by atoms with Crippen LogP contribution >= 0.6 is 0 Å². The maximum Gasteiger partial charge on any atom is 0.282 e. The highest BCUT2D eigenvalue weighted by molar-refractivity contribution is 6.47. The Kier molecular flexibility index (Phi) is 5.83. The van der Waals surface area contributed by atoms with E-state index in [0.717, 1.165) is 21.9 Å². The van der Waals surface area contributed by atoms with Crippen molar-refractivity contribution in [3.63, 3.8) is 0 Å². The molecule has 2 amide bonds. The second-order valence-electron chi connectivity index (χ2n) is 8.55. The molecule has 5 rings (SSSR count). The number of carbonyl (C=O) groups excluding carboxylic acids is 2. The Labute approximate surface area is 204 Å². The van der Waals surface area contributed by atoms with E-state index >= 15 is 0 Å². The molecule has 0 atom stereocenters. The molecule has 0 spiro atoms. The summed E-state index contributed by atoms with van der Waals surface area (Å²) in [6.45, 7) is 6.41. The van der Waals surface area contributed by atoms with E-state index in [9.17, 15) is 9.59 Å². The standard InChI is InChI=1S/C30H26N2O3/c1-4-35-26-15-8-7-13-24(26)31-28-27(22-17-16-19(2)20(3)18-22)29(33)32(30(28)34)25-14-9-11-21-10-5-6-12-23(21)25/h5-18,31H,4H2,1-3H3. The van der Waals surface area contributed by atoms with Gasteiger partial charge >= 0.3 is 0 Å². The van der Waals surface area contributed by atoms with Crippen LogP contribution in [-0.4, -0.2) is 18.4 Å². The van der Waals surface area contributed by atoms with Gasteiger partial charge in [-0.05, 0) is 61.0 Å². The molecular formula is C30H26N2O3. The molecule has 5 nitrogen and oxygen atoms in total. The topological polar surface area (TPSA) is 58.6 Å². The quantitative estimate of drug-likeness (QED) is 0.344. The highest BCUT2D eigenvalue weighted by atomic mass is 16.5. The first-order chi connectivity index (χ1) is 17.0. The molecule has 174 valence electrons. The molecule has 1 aliphatic heterocycles. The number of rotatable bonds is 6. The fourth-order valence-corrected chi connectivity index (χ4v) is 4.42. The number of anilines is 2. The van der Waals surface area contributed by atoms with Gasteiger partial charge in [-0.2, -0.15) is 0 Å². The van der Waals surface area contributed by atoms with Crippen molar-refractivity contribution in [2.75, 3.05) is 16.8 Å². The molecule has 0 unspecified atom stereocenters. The van der Waals surface area contributed by atoms with Gasteiger partial charge in [-0.15, -0.1) is 0 Å². The summed E-state index contributed by atoms with van der Waals surface area (Å²) in [7, 11) is 0. The van der Waals surface area contributed by atoms with Crippen LogP contribution < -0.4 is 15.0 Å². The Bertz CT molecular complexity index is 1500. The SMILES string of the molecule is CCOc1ccccc1NC1=C(c2ccc(C)c(C)c2)C(=O)N(c2cccc3ccccc23)C1=O. The van der Waals surface area contributed by atoms with Crippen LogP contribution in [0.3, 0.4) is 0 Å². The van der Waals surface area contributed by atoms with Gasteiger partial charge in [0.25, 0.3) is 11.8 Å². The predicted molar refractivity (Wildman–Crippen MR) is 141 cm³/mol. The number of aryl methyl sites for hydroxylation is 2. The lowest BCUT2D eigenvalue weighted by Gasteiger charge is -2.18. The van der Waals surface area contributed by atoms with Gasteiger partial charge in [0, 0.05) is 5.39 Å². The molecule has 0 saturated carbocycles. The predicted octanol–water partition coefficient (Wildman–Crippen LogP) is 6.25. The van der Waals surface area contributed by atoms with Gasteiger partial charge in [0.1, 0.15) is 11.4 Å². The number of ether oxygens (including phenoxy) is 1. The van der Waals surface area contributed by atoms with Gasteiger partial charge in [-0.3, -0.25) is 9.59 Å². The van der Waals surface area contributed by atoms with Crippen molar-refractivity contribution in [1.29, 1.82) is 0 Å². The van der Waals surface area contributed by atoms with E-state index < -0.39 is 5.91 Å². The average Bonchev–Trinajstić information content (AvgIpc) is 3.11. The number of nitrogens with one attached hydrogen (secondary N) is 1. The van der Waals surface area contributed by atoms with Crippen LogP contribution in [0.2, 0.25) is 0 Å². The summed E-state index contributed by atoms with van der Waals surface area (Å²) in [5.74, 6) is -0.136. The molecule has 0 bridgehead atoms. The molecule has 0 radical (unpaired) electrons. The molecule has 35 heavy (non-hydrogen) atoms. The van der Waals surface area contributed by atoms with E-state index in [1.807, 2.05) is 106 Å². The van der Waals surface area contributed by atoms with E-state index in [0.29, 0.717) is 34.9 Å². The number of amides is 2. The highest BCUT2D eigenvalue weighted by Crippen LogP contribution is 2.38. The number of carbonyl (C=O) groups is 2. The van der Waals surface area contributed by atoms with Gasteiger partial charge in [0.15, 0.2) is 0 Å². The summed E-state index contributed by atoms with van der Waals surface area (Å²) in [5.41, 5.74) is 4.64. The molecule has 1 heterocycles. The van der Waals surface area contributed by atoms with Crippen molar-refractivity contribution in [2.24, 2.45) is 0 Å². The summed E-state index contributed by atoms with van der Waals surface area (Å²) in [5, 5.41) is 5.05. The van der Waals surface area contributed by atoms with Crippen molar-refractivity contribution >= 4 is 39.5 Å². The lowest BCUT2D eigenvalue weighted by molar-refractivity contribution is -0.120. The van der Waals surface area contributed by atoms with E-state index in [1.54, 1.807) is 0 Å². The Hall–Kier alpha value is -4.38. The number of para-hydroxylation sites is 2. The number of hydrogen-bond donors (Lipinski definition) is 1. The molecule has 0 saturated heterocycles. The zero-order valence-electron chi connectivity index (χ0n) is 20.0. The minimum atomic E-state index is -0.397. The second-order valence-corrected chi connectivity index (χ2v) is 8.55. The molecule has 0 fully saturated rings. The van der Waals surface area contributed by atoms with Crippen LogP contribution in [0.1, 0.15) is 23.6 Å². The van der Waals surface area contributed by atoms with Gasteiger partial charge in [0.2, 0.25) is 0 Å². The molecule has 0 aromatic heterocycles. The minimum Gasteiger partial charge on any atom is -0.492 e. The molecule has 1 aliphatic rings. The van der Waals surface area contributed by atoms with Crippen LogP contribution in [0.5, 0.6) is 5.75 Å². The van der Waals surface area contributed by atoms with Crippen molar-refractivity contribution in [3.05, 3.63) is 107 Å². The average molecular weight is 463 g/mol. The number of hydrogen-bond acceptors (Lipinski definition) is 4. The van der Waals surface area contributed by atoms with Crippen LogP contribution in [0.25, 0.3) is 16.3 Å². The van der Waals surface area contributed by atoms with E-state index in [2.05, 4.69) is 5.32 Å². The van der Waals surface area contributed by atoms with Crippen LogP contribution in [0.4, 0.5) is 11.4 Å². The van der Waals surface area contributed by atoms with Crippen molar-refractivity contribution in [1.82, 2.24) is 0 Å². The number of nitrogens with zero attached hydrogens (tertiary/aromatic N) is 1. The van der Waals surface area contributed by atoms with E-state index in [1.165, 1.54) is 4.90 Å². The van der Waals surface area contributed by atoms with Crippen molar-refractivity contribution in [2.45, 2.75) is 20.8 Å². The number of imide groups is 1. The van der Waals surface area contributed by atoms with Gasteiger partial charge in [-0.25, -0.2) is 4.90 Å². The number of fused-ring (bicyclic) bond motifs is 1. The molecule has 5 heteroatoms. The fraction of sp³-hybridized carbons (Fsp3) is 0.133. The van der Waals surface area contributed by atoms with Gasteiger partial charge in [-0.1, -0.05) is 66.7 Å². The Morgan fingerprint density at radius 2 is 1.54 bits per heavy atom. The largest absolute Gasteiger partial charge is 0.492 e. The summed E-state index contributed by atoms with van der Waals surface area (Å²) in [4.78, 5) is 29.1. The number of benzene rings is 4. The Balaban J connectivity index is 1.68. The van der Waals surface area contributed by atoms with Crippen LogP contribution in [0.15, 0.2) is 90.6 Å². The fourth-order valence-electron chi connectivity index (χ4n) is 4.42. The van der Waals surface area contributed by atoms with E-state index in [-0.39, 0.29) is 11.6 Å². The minimum absolute atomic E-state index is 0.235. The maximum atomic E-state index is 13.9. The Morgan fingerprint density at radius 1 is 0.800 bits per heavy atom. The molecular weight excluding hydrogens is 436 g/mol. The normalized spacial score (nSPS) is 13.6. The van der Waals surface area contributed by atoms with Crippen molar-refractivity contribution < 1.29 is 14.3 Å². The van der Waals surface area contributed by atoms with Gasteiger partial charge in [0.05, 0.1) is 23.6 Å². The third kappa shape index (κ3) is 3.95. The lowest BCUT2D eigenvalue weighted by Crippen LogP contribution is -2.32. The first-order valence-electron chi connectivity index (χ1n) is 11.7. The summed E-state index contributed by atoms with van der Waals surface area (Å²) in [6.07, 6.45) is 0. The molecule has 0 aliphatic carbocycles. The molecule has 1 N–H and O–H groups in total. The third-order valence-corrected chi connectivity index (χ3v) is 6.33. The first kappa shape index (κ1) is 22.4. The third-order valence-electron chi connectivity index (χ3n) is 6.33. The second kappa shape index (κ2) is 9.11. The van der Waals surface area contributed by atoms with E-state index in [4.69, 9.17) is 4.74 Å². The molecule has 4 aromatic rings. The zero-order valence-corrected chi connectivity index (χ0v) is 20.0. The van der Waals surface area contributed by atoms with Crippen LogP contribution in [0, 0.1) is 13.8 Å².